The van der Waals surface area contributed by atoms with E-state index in [0.29, 0.717) is 0 Å². The van der Waals surface area contributed by atoms with E-state index in [9.17, 15) is 14.9 Å². The summed E-state index contributed by atoms with van der Waals surface area (Å²) in [7, 11) is 0. The van der Waals surface area contributed by atoms with Crippen molar-refractivity contribution in [2.24, 2.45) is 0 Å². The molecule has 0 heterocycles. The third-order valence-corrected chi connectivity index (χ3v) is 2.13. The van der Waals surface area contributed by atoms with Crippen molar-refractivity contribution < 1.29 is 14.6 Å². The third-order valence-electron chi connectivity index (χ3n) is 1.73. The average Bonchev–Trinajstić information content (AvgIpc) is 2.25. The van der Waals surface area contributed by atoms with Crippen LogP contribution in [0.3, 0.4) is 0 Å². The topological polar surface area (TPSA) is 81.5 Å². The molecular formula is C9H9ClN2O4. The van der Waals surface area contributed by atoms with E-state index >= 15 is 0 Å². The van der Waals surface area contributed by atoms with Gasteiger partial charge in [0.05, 0.1) is 17.1 Å². The molecule has 0 saturated carbocycles. The maximum atomic E-state index is 11.5. The highest BCUT2D eigenvalue weighted by molar-refractivity contribution is 6.35. The molecule has 6 nitrogen and oxygen atoms in total. The Morgan fingerprint density at radius 2 is 2.31 bits per heavy atom. The fraction of sp³-hybridized carbons (Fsp3) is 0.222. The van der Waals surface area contributed by atoms with Crippen molar-refractivity contribution in [1.82, 2.24) is 5.48 Å². The summed E-state index contributed by atoms with van der Waals surface area (Å²) >= 11 is 5.72. The average molecular weight is 245 g/mol. The number of nitro groups is 1. The number of halogens is 1. The number of nitrogens with zero attached hydrogens (tertiary/aromatic N) is 1. The second-order valence-electron chi connectivity index (χ2n) is 2.76. The molecule has 1 rings (SSSR count). The SMILES string of the molecule is CCONC(=O)c1cccc([N+](=O)[O-])c1Cl. The van der Waals surface area contributed by atoms with Gasteiger partial charge in [-0.3, -0.25) is 19.7 Å². The minimum absolute atomic E-state index is 0.00400. The molecule has 0 aliphatic rings. The lowest BCUT2D eigenvalue weighted by Gasteiger charge is -2.05. The maximum absolute atomic E-state index is 11.5. The van der Waals surface area contributed by atoms with Crippen LogP contribution in [-0.2, 0) is 4.84 Å². The molecule has 0 bridgehead atoms. The molecule has 0 spiro atoms. The lowest BCUT2D eigenvalue weighted by Crippen LogP contribution is -2.24. The first kappa shape index (κ1) is 12.4. The van der Waals surface area contributed by atoms with Crippen LogP contribution in [0.2, 0.25) is 5.02 Å². The molecule has 16 heavy (non-hydrogen) atoms. The highest BCUT2D eigenvalue weighted by atomic mass is 35.5. The number of hydrogen-bond donors (Lipinski definition) is 1. The maximum Gasteiger partial charge on any atom is 0.288 e. The van der Waals surface area contributed by atoms with Gasteiger partial charge in [0.15, 0.2) is 0 Å². The Hall–Kier alpha value is -1.66. The number of carbonyl (C=O) groups excluding carboxylic acids is 1. The molecule has 0 aromatic heterocycles. The normalized spacial score (nSPS) is 9.88. The predicted molar refractivity (Wildman–Crippen MR) is 57.2 cm³/mol. The van der Waals surface area contributed by atoms with Crippen molar-refractivity contribution in [3.63, 3.8) is 0 Å². The van der Waals surface area contributed by atoms with Gasteiger partial charge in [-0.05, 0) is 13.0 Å². The predicted octanol–water partition coefficient (Wildman–Crippen LogP) is 1.93. The first-order chi connectivity index (χ1) is 7.57. The number of rotatable bonds is 4. The minimum Gasteiger partial charge on any atom is -0.274 e. The van der Waals surface area contributed by atoms with Gasteiger partial charge < -0.3 is 0 Å². The van der Waals surface area contributed by atoms with Crippen molar-refractivity contribution in [1.29, 1.82) is 0 Å². The molecule has 1 N–H and O–H groups in total. The summed E-state index contributed by atoms with van der Waals surface area (Å²) in [4.78, 5) is 26.0. The minimum atomic E-state index is -0.653. The van der Waals surface area contributed by atoms with Crippen LogP contribution in [0.5, 0.6) is 0 Å². The summed E-state index contributed by atoms with van der Waals surface area (Å²) in [5.41, 5.74) is 1.80. The van der Waals surface area contributed by atoms with Crippen LogP contribution < -0.4 is 5.48 Å². The van der Waals surface area contributed by atoms with E-state index in [1.54, 1.807) is 6.92 Å². The lowest BCUT2D eigenvalue weighted by atomic mass is 10.2. The Bertz CT molecular complexity index is 422. The Balaban J connectivity index is 3.01. The molecule has 0 aliphatic carbocycles. The standard InChI is InChI=1S/C9H9ClN2O4/c1-2-16-11-9(13)6-4-3-5-7(8(6)10)12(14)15/h3-5H,2H2,1H3,(H,11,13). The van der Waals surface area contributed by atoms with Crippen molar-refractivity contribution in [3.05, 3.63) is 38.9 Å². The van der Waals surface area contributed by atoms with Crippen LogP contribution in [-0.4, -0.2) is 17.4 Å². The van der Waals surface area contributed by atoms with Crippen LogP contribution in [0.4, 0.5) is 5.69 Å². The summed E-state index contributed by atoms with van der Waals surface area (Å²) < 4.78 is 0. The van der Waals surface area contributed by atoms with Crippen LogP contribution in [0, 0.1) is 10.1 Å². The van der Waals surface area contributed by atoms with Crippen molar-refractivity contribution in [3.8, 4) is 0 Å². The summed E-state index contributed by atoms with van der Waals surface area (Å²) in [5, 5.41) is 10.4. The number of amides is 1. The number of carbonyl (C=O) groups is 1. The van der Waals surface area contributed by atoms with Crippen molar-refractivity contribution in [2.75, 3.05) is 6.61 Å². The molecule has 0 atom stereocenters. The van der Waals surface area contributed by atoms with Crippen LogP contribution in [0.25, 0.3) is 0 Å². The van der Waals surface area contributed by atoms with Crippen LogP contribution >= 0.6 is 11.6 Å². The third kappa shape index (κ3) is 2.68. The van der Waals surface area contributed by atoms with E-state index in [1.807, 2.05) is 0 Å². The van der Waals surface area contributed by atoms with Crippen molar-refractivity contribution in [2.45, 2.75) is 6.92 Å². The van der Waals surface area contributed by atoms with E-state index in [4.69, 9.17) is 11.6 Å². The van der Waals surface area contributed by atoms with E-state index in [2.05, 4.69) is 10.3 Å². The molecule has 86 valence electrons. The zero-order valence-corrected chi connectivity index (χ0v) is 9.15. The molecular weight excluding hydrogens is 236 g/mol. The van der Waals surface area contributed by atoms with Gasteiger partial charge in [0, 0.05) is 6.07 Å². The van der Waals surface area contributed by atoms with Gasteiger partial charge in [0.1, 0.15) is 5.02 Å². The number of benzene rings is 1. The molecule has 7 heteroatoms. The van der Waals surface area contributed by atoms with E-state index in [0.717, 1.165) is 0 Å². The molecule has 0 fully saturated rings. The summed E-state index contributed by atoms with van der Waals surface area (Å²) in [6.45, 7) is 1.98. The molecule has 1 aromatic rings. The summed E-state index contributed by atoms with van der Waals surface area (Å²) in [5.74, 6) is -0.615. The second kappa shape index (κ2) is 5.43. The van der Waals surface area contributed by atoms with E-state index in [-0.39, 0.29) is 22.9 Å². The zero-order chi connectivity index (χ0) is 12.1. The van der Waals surface area contributed by atoms with E-state index in [1.165, 1.54) is 18.2 Å². The molecule has 1 amide bonds. The fourth-order valence-corrected chi connectivity index (χ4v) is 1.31. The molecule has 0 saturated heterocycles. The number of hydrogen-bond acceptors (Lipinski definition) is 4. The van der Waals surface area contributed by atoms with Gasteiger partial charge in [-0.25, -0.2) is 5.48 Å². The molecule has 1 aromatic carbocycles. The monoisotopic (exact) mass is 244 g/mol. The zero-order valence-electron chi connectivity index (χ0n) is 8.40. The summed E-state index contributed by atoms with van der Waals surface area (Å²) in [6.07, 6.45) is 0. The van der Waals surface area contributed by atoms with Gasteiger partial charge in [-0.2, -0.15) is 0 Å². The second-order valence-corrected chi connectivity index (χ2v) is 3.14. The highest BCUT2D eigenvalue weighted by Gasteiger charge is 2.19. The Morgan fingerprint density at radius 1 is 1.62 bits per heavy atom. The van der Waals surface area contributed by atoms with E-state index < -0.39 is 10.8 Å². The highest BCUT2D eigenvalue weighted by Crippen LogP contribution is 2.27. The van der Waals surface area contributed by atoms with Gasteiger partial charge in [0.25, 0.3) is 11.6 Å². The van der Waals surface area contributed by atoms with Crippen LogP contribution in [0.15, 0.2) is 18.2 Å². The smallest absolute Gasteiger partial charge is 0.274 e. The first-order valence-corrected chi connectivity index (χ1v) is 4.80. The molecule has 0 radical (unpaired) electrons. The van der Waals surface area contributed by atoms with Gasteiger partial charge in [-0.15, -0.1) is 0 Å². The Kier molecular flexibility index (Phi) is 4.21. The largest absolute Gasteiger partial charge is 0.288 e. The molecule has 0 aliphatic heterocycles. The molecule has 0 unspecified atom stereocenters. The fourth-order valence-electron chi connectivity index (χ4n) is 1.03. The lowest BCUT2D eigenvalue weighted by molar-refractivity contribution is -0.384. The number of nitrogens with one attached hydrogen (secondary N) is 1. The Labute approximate surface area is 96.3 Å². The van der Waals surface area contributed by atoms with Gasteiger partial charge in [-0.1, -0.05) is 17.7 Å². The summed E-state index contributed by atoms with van der Waals surface area (Å²) in [6, 6.07) is 3.98. The Morgan fingerprint density at radius 3 is 2.88 bits per heavy atom. The van der Waals surface area contributed by atoms with Gasteiger partial charge >= 0.3 is 0 Å². The quantitative estimate of drug-likeness (QED) is 0.648. The van der Waals surface area contributed by atoms with Gasteiger partial charge in [0.2, 0.25) is 0 Å². The number of nitro benzene ring substituents is 1. The van der Waals surface area contributed by atoms with Crippen molar-refractivity contribution >= 4 is 23.2 Å². The van der Waals surface area contributed by atoms with Crippen LogP contribution in [0.1, 0.15) is 17.3 Å². The number of hydroxylamine groups is 1. The first-order valence-electron chi connectivity index (χ1n) is 4.43.